The number of halogens is 2. The van der Waals surface area contributed by atoms with E-state index in [4.69, 9.17) is 10.5 Å². The Morgan fingerprint density at radius 3 is 2.63 bits per heavy atom. The van der Waals surface area contributed by atoms with Crippen molar-refractivity contribution in [2.45, 2.75) is 19.4 Å². The van der Waals surface area contributed by atoms with E-state index in [2.05, 4.69) is 4.74 Å². The molecule has 2 aromatic rings. The highest BCUT2D eigenvalue weighted by atomic mass is 32.1. The normalized spacial score (nSPS) is 10.9. The van der Waals surface area contributed by atoms with Gasteiger partial charge in [-0.3, -0.25) is 14.2 Å². The molecule has 138 valence electrons. The van der Waals surface area contributed by atoms with Crippen LogP contribution in [0.25, 0.3) is 11.6 Å². The maximum Gasteiger partial charge on any atom is 0.305 e. The number of nitrogens with zero attached hydrogens (tertiary/aromatic N) is 3. The number of thiazole rings is 1. The average Bonchev–Trinajstić information content (AvgIpc) is 2.94. The molecule has 0 amide bonds. The van der Waals surface area contributed by atoms with Crippen LogP contribution in [-0.4, -0.2) is 17.6 Å². The Balaban J connectivity index is 2.60. The van der Waals surface area contributed by atoms with Crippen LogP contribution in [0.5, 0.6) is 0 Å². The van der Waals surface area contributed by atoms with Gasteiger partial charge in [-0.1, -0.05) is 0 Å². The first-order chi connectivity index (χ1) is 12.9. The van der Waals surface area contributed by atoms with Crippen molar-refractivity contribution >= 4 is 29.0 Å². The summed E-state index contributed by atoms with van der Waals surface area (Å²) >= 11 is 0.852. The molecule has 0 bridgehead atoms. The zero-order valence-electron chi connectivity index (χ0n) is 14.2. The lowest BCUT2D eigenvalue weighted by atomic mass is 10.2. The van der Waals surface area contributed by atoms with Crippen LogP contribution < -0.4 is 14.8 Å². The van der Waals surface area contributed by atoms with E-state index in [1.807, 2.05) is 0 Å². The van der Waals surface area contributed by atoms with Gasteiger partial charge in [0, 0.05) is 24.6 Å². The van der Waals surface area contributed by atoms with Crippen molar-refractivity contribution in [2.75, 3.05) is 7.11 Å². The summed E-state index contributed by atoms with van der Waals surface area (Å²) < 4.78 is 32.8. The molecule has 1 heterocycles. The Hall–Kier alpha value is -3.30. The molecule has 0 saturated carbocycles. The van der Waals surface area contributed by atoms with E-state index < -0.39 is 23.2 Å². The van der Waals surface area contributed by atoms with Crippen molar-refractivity contribution in [3.63, 3.8) is 0 Å². The number of ether oxygens (including phenoxy) is 1. The average molecular weight is 389 g/mol. The molecule has 27 heavy (non-hydrogen) atoms. The first kappa shape index (κ1) is 20.0. The van der Waals surface area contributed by atoms with Gasteiger partial charge in [-0.2, -0.15) is 10.5 Å². The third-order valence-corrected chi connectivity index (χ3v) is 4.71. The summed E-state index contributed by atoms with van der Waals surface area (Å²) in [6, 6.07) is 6.37. The molecule has 0 aliphatic heterocycles. The van der Waals surface area contributed by atoms with Gasteiger partial charge in [0.15, 0.2) is 5.57 Å². The number of hydrogen-bond acceptors (Lipinski definition) is 6. The standard InChI is InChI=1S/C18H13F2N3O3S/c1-26-16(24)3-2-6-23-17(25)15(27-18(23)12(9-21)10-22)7-11-4-5-13(19)8-14(11)20/h4-5,7-8H,2-3,6H2,1H3/b15-7+. The van der Waals surface area contributed by atoms with E-state index in [-0.39, 0.29) is 39.7 Å². The quantitative estimate of drug-likeness (QED) is 0.716. The van der Waals surface area contributed by atoms with Crippen molar-refractivity contribution in [1.82, 2.24) is 4.57 Å². The van der Waals surface area contributed by atoms with Crippen molar-refractivity contribution < 1.29 is 18.3 Å². The first-order valence-electron chi connectivity index (χ1n) is 7.69. The maximum absolute atomic E-state index is 13.9. The third-order valence-electron chi connectivity index (χ3n) is 3.58. The SMILES string of the molecule is COC(=O)CCCn1c(=C(C#N)C#N)s/c(=C/c2ccc(F)cc2F)c1=O. The fourth-order valence-corrected chi connectivity index (χ4v) is 3.34. The highest BCUT2D eigenvalue weighted by Gasteiger charge is 2.11. The highest BCUT2D eigenvalue weighted by molar-refractivity contribution is 7.07. The molecule has 0 atom stereocenters. The zero-order valence-corrected chi connectivity index (χ0v) is 15.0. The second kappa shape index (κ2) is 8.88. The largest absolute Gasteiger partial charge is 0.469 e. The summed E-state index contributed by atoms with van der Waals surface area (Å²) in [6.07, 6.45) is 1.54. The predicted molar refractivity (Wildman–Crippen MR) is 93.6 cm³/mol. The number of benzene rings is 1. The molecule has 0 unspecified atom stereocenters. The number of rotatable bonds is 5. The summed E-state index contributed by atoms with van der Waals surface area (Å²) in [6.45, 7) is 0.0758. The lowest BCUT2D eigenvalue weighted by Crippen LogP contribution is -2.32. The summed E-state index contributed by atoms with van der Waals surface area (Å²) in [4.78, 5) is 23.9. The second-order valence-electron chi connectivity index (χ2n) is 5.32. The molecular weight excluding hydrogens is 376 g/mol. The molecule has 9 heteroatoms. The Kier molecular flexibility index (Phi) is 6.58. The smallest absolute Gasteiger partial charge is 0.305 e. The number of aromatic nitrogens is 1. The van der Waals surface area contributed by atoms with Gasteiger partial charge in [-0.15, -0.1) is 11.3 Å². The molecular formula is C18H13F2N3O3S. The van der Waals surface area contributed by atoms with Crippen LogP contribution in [0.2, 0.25) is 0 Å². The fourth-order valence-electron chi connectivity index (χ4n) is 2.27. The predicted octanol–water partition coefficient (Wildman–Crippen LogP) is 1.17. The van der Waals surface area contributed by atoms with Crippen LogP contribution in [0.1, 0.15) is 18.4 Å². The minimum absolute atomic E-state index is 0.00141. The minimum Gasteiger partial charge on any atom is -0.469 e. The number of hydrogen-bond donors (Lipinski definition) is 0. The summed E-state index contributed by atoms with van der Waals surface area (Å²) in [5, 5.41) is 18.2. The van der Waals surface area contributed by atoms with Gasteiger partial charge in [-0.25, -0.2) is 8.78 Å². The number of esters is 1. The Morgan fingerprint density at radius 1 is 1.33 bits per heavy atom. The molecule has 0 radical (unpaired) electrons. The van der Waals surface area contributed by atoms with E-state index in [1.165, 1.54) is 23.8 Å². The Morgan fingerprint density at radius 2 is 2.04 bits per heavy atom. The van der Waals surface area contributed by atoms with Crippen LogP contribution in [0, 0.1) is 34.3 Å². The zero-order chi connectivity index (χ0) is 20.0. The van der Waals surface area contributed by atoms with Gasteiger partial charge >= 0.3 is 5.97 Å². The summed E-state index contributed by atoms with van der Waals surface area (Å²) in [5.74, 6) is -2.04. The minimum atomic E-state index is -0.841. The molecule has 2 rings (SSSR count). The van der Waals surface area contributed by atoms with Gasteiger partial charge in [0.25, 0.3) is 5.56 Å². The maximum atomic E-state index is 13.9. The van der Waals surface area contributed by atoms with Gasteiger partial charge in [0.05, 0.1) is 11.6 Å². The molecule has 0 aliphatic carbocycles. The molecule has 1 aromatic carbocycles. The lowest BCUT2D eigenvalue weighted by Gasteiger charge is -2.01. The van der Waals surface area contributed by atoms with Gasteiger partial charge in [0.2, 0.25) is 0 Å². The highest BCUT2D eigenvalue weighted by Crippen LogP contribution is 2.09. The Labute approximate surface area is 156 Å². The van der Waals surface area contributed by atoms with Crippen LogP contribution in [0.3, 0.4) is 0 Å². The molecule has 0 saturated heterocycles. The lowest BCUT2D eigenvalue weighted by molar-refractivity contribution is -0.140. The molecule has 6 nitrogen and oxygen atoms in total. The molecule has 1 aromatic heterocycles. The number of nitriles is 2. The molecule has 0 aliphatic rings. The molecule has 0 spiro atoms. The van der Waals surface area contributed by atoms with E-state index in [9.17, 15) is 18.4 Å². The second-order valence-corrected chi connectivity index (χ2v) is 6.35. The molecule has 0 fully saturated rings. The van der Waals surface area contributed by atoms with E-state index in [1.54, 1.807) is 12.1 Å². The van der Waals surface area contributed by atoms with Gasteiger partial charge in [-0.05, 0) is 24.6 Å². The topological polar surface area (TPSA) is 95.9 Å². The van der Waals surface area contributed by atoms with Crippen LogP contribution in [-0.2, 0) is 16.1 Å². The van der Waals surface area contributed by atoms with Crippen LogP contribution in [0.15, 0.2) is 23.0 Å². The Bertz CT molecular complexity index is 1120. The van der Waals surface area contributed by atoms with E-state index in [0.29, 0.717) is 6.07 Å². The van der Waals surface area contributed by atoms with Gasteiger partial charge in [0.1, 0.15) is 28.4 Å². The van der Waals surface area contributed by atoms with Crippen LogP contribution >= 0.6 is 11.3 Å². The monoisotopic (exact) mass is 389 g/mol. The van der Waals surface area contributed by atoms with Gasteiger partial charge < -0.3 is 4.74 Å². The van der Waals surface area contributed by atoms with Crippen LogP contribution in [0.4, 0.5) is 8.78 Å². The number of methoxy groups -OCH3 is 1. The third kappa shape index (κ3) is 4.66. The summed E-state index contributed by atoms with van der Waals surface area (Å²) in [7, 11) is 1.24. The van der Waals surface area contributed by atoms with E-state index >= 15 is 0 Å². The van der Waals surface area contributed by atoms with E-state index in [0.717, 1.165) is 17.4 Å². The van der Waals surface area contributed by atoms with Crippen molar-refractivity contribution in [1.29, 1.82) is 10.5 Å². The van der Waals surface area contributed by atoms with Crippen molar-refractivity contribution in [3.8, 4) is 12.1 Å². The number of carbonyl (C=O) groups excluding carboxylic acids is 1. The van der Waals surface area contributed by atoms with Crippen molar-refractivity contribution in [2.24, 2.45) is 0 Å². The summed E-state index contributed by atoms with van der Waals surface area (Å²) in [5.41, 5.74) is -0.806. The van der Waals surface area contributed by atoms with Crippen molar-refractivity contribution in [3.05, 3.63) is 54.9 Å². The number of carbonyl (C=O) groups is 1. The first-order valence-corrected chi connectivity index (χ1v) is 8.50. The molecule has 0 N–H and O–H groups in total. The fraction of sp³-hybridized carbons (Fsp3) is 0.222.